The van der Waals surface area contributed by atoms with Crippen molar-refractivity contribution < 1.29 is 8.42 Å². The molecule has 0 bridgehead atoms. The van der Waals surface area contributed by atoms with Gasteiger partial charge in [-0.3, -0.25) is 9.13 Å². The number of benzene rings is 1. The van der Waals surface area contributed by atoms with E-state index < -0.39 is 15.6 Å². The number of aryl methyl sites for hydroxylation is 2. The van der Waals surface area contributed by atoms with Crippen molar-refractivity contribution in [1.82, 2.24) is 13.4 Å². The van der Waals surface area contributed by atoms with Crippen LogP contribution in [0.1, 0.15) is 19.8 Å². The van der Waals surface area contributed by atoms with Gasteiger partial charge in [-0.15, -0.1) is 0 Å². The molecule has 0 spiro atoms. The maximum atomic E-state index is 13.0. The molecule has 128 valence electrons. The number of rotatable bonds is 4. The van der Waals surface area contributed by atoms with Gasteiger partial charge in [0.05, 0.1) is 22.0 Å². The van der Waals surface area contributed by atoms with Gasteiger partial charge in [-0.05, 0) is 43.9 Å². The summed E-state index contributed by atoms with van der Waals surface area (Å²) >= 11 is 0. The van der Waals surface area contributed by atoms with E-state index in [0.29, 0.717) is 11.0 Å². The van der Waals surface area contributed by atoms with Crippen LogP contribution in [0.4, 0.5) is 0 Å². The molecule has 1 fully saturated rings. The third-order valence-electron chi connectivity index (χ3n) is 5.15. The number of sulfonamides is 1. The van der Waals surface area contributed by atoms with Gasteiger partial charge in [0.1, 0.15) is 5.54 Å². The molecule has 7 nitrogen and oxygen atoms in total. The van der Waals surface area contributed by atoms with Crippen molar-refractivity contribution in [3.8, 4) is 6.07 Å². The van der Waals surface area contributed by atoms with Crippen molar-refractivity contribution in [2.75, 3.05) is 7.05 Å². The highest BCUT2D eigenvalue weighted by Gasteiger charge is 2.49. The number of hydrogen-bond donors (Lipinski definition) is 0. The minimum absolute atomic E-state index is 0.0621. The lowest BCUT2D eigenvalue weighted by molar-refractivity contribution is 0.276. The standard InChI is InChI=1S/C16H20N4O3S/c1-16(10-17,11-5-6-11)20(4)24(22,23)12-7-8-13-14(9-12)19(3)15(21)18(13)2/h7-9,11H,5-6H2,1-4H3/t16-/m1/s1. The smallest absolute Gasteiger partial charge is 0.295 e. The lowest BCUT2D eigenvalue weighted by atomic mass is 9.99. The number of imidazole rings is 1. The van der Waals surface area contributed by atoms with E-state index in [1.807, 2.05) is 0 Å². The molecule has 0 saturated heterocycles. The lowest BCUT2D eigenvalue weighted by Gasteiger charge is -2.32. The predicted molar refractivity (Wildman–Crippen MR) is 89.9 cm³/mol. The first-order valence-corrected chi connectivity index (χ1v) is 9.14. The Hall–Kier alpha value is -2.11. The van der Waals surface area contributed by atoms with Gasteiger partial charge < -0.3 is 0 Å². The zero-order chi connectivity index (χ0) is 17.9. The van der Waals surface area contributed by atoms with E-state index in [0.717, 1.165) is 12.8 Å². The average Bonchev–Trinajstić information content (AvgIpc) is 3.40. The first-order valence-electron chi connectivity index (χ1n) is 7.70. The Morgan fingerprint density at radius 3 is 2.38 bits per heavy atom. The molecule has 1 aromatic carbocycles. The largest absolute Gasteiger partial charge is 0.328 e. The molecule has 1 aliphatic carbocycles. The zero-order valence-corrected chi connectivity index (χ0v) is 15.0. The molecule has 2 aromatic rings. The monoisotopic (exact) mass is 348 g/mol. The molecule has 0 radical (unpaired) electrons. The second-order valence-electron chi connectivity index (χ2n) is 6.56. The van der Waals surface area contributed by atoms with E-state index in [4.69, 9.17) is 0 Å². The first-order chi connectivity index (χ1) is 11.1. The van der Waals surface area contributed by atoms with E-state index in [1.54, 1.807) is 27.1 Å². The van der Waals surface area contributed by atoms with Crippen molar-refractivity contribution in [2.24, 2.45) is 20.0 Å². The molecule has 1 aromatic heterocycles. The minimum atomic E-state index is -3.84. The average molecular weight is 348 g/mol. The topological polar surface area (TPSA) is 88.1 Å². The summed E-state index contributed by atoms with van der Waals surface area (Å²) in [7, 11) is 0.859. The van der Waals surface area contributed by atoms with Crippen LogP contribution in [0.3, 0.4) is 0 Å². The number of fused-ring (bicyclic) bond motifs is 1. The van der Waals surface area contributed by atoms with Gasteiger partial charge in [0.15, 0.2) is 0 Å². The van der Waals surface area contributed by atoms with Gasteiger partial charge in [0.2, 0.25) is 10.0 Å². The van der Waals surface area contributed by atoms with Gasteiger partial charge >= 0.3 is 5.69 Å². The highest BCUT2D eigenvalue weighted by Crippen LogP contribution is 2.44. The molecule has 1 saturated carbocycles. The zero-order valence-electron chi connectivity index (χ0n) is 14.1. The van der Waals surface area contributed by atoms with Crippen molar-refractivity contribution in [2.45, 2.75) is 30.2 Å². The Kier molecular flexibility index (Phi) is 3.62. The minimum Gasteiger partial charge on any atom is -0.295 e. The number of aromatic nitrogens is 2. The molecule has 3 rings (SSSR count). The van der Waals surface area contributed by atoms with Crippen LogP contribution in [0.5, 0.6) is 0 Å². The van der Waals surface area contributed by atoms with E-state index in [1.165, 1.54) is 32.6 Å². The lowest BCUT2D eigenvalue weighted by Crippen LogP contribution is -2.47. The van der Waals surface area contributed by atoms with E-state index in [2.05, 4.69) is 6.07 Å². The van der Waals surface area contributed by atoms with Crippen molar-refractivity contribution >= 4 is 21.1 Å². The molecule has 24 heavy (non-hydrogen) atoms. The molecule has 0 N–H and O–H groups in total. The Balaban J connectivity index is 2.14. The summed E-state index contributed by atoms with van der Waals surface area (Å²) in [6, 6.07) is 6.77. The van der Waals surface area contributed by atoms with E-state index in [9.17, 15) is 18.5 Å². The summed E-state index contributed by atoms with van der Waals surface area (Å²) in [4.78, 5) is 12.1. The van der Waals surface area contributed by atoms with Gasteiger partial charge in [-0.25, -0.2) is 13.2 Å². The Morgan fingerprint density at radius 1 is 1.25 bits per heavy atom. The fourth-order valence-corrected chi connectivity index (χ4v) is 4.63. The highest BCUT2D eigenvalue weighted by atomic mass is 32.2. The summed E-state index contributed by atoms with van der Waals surface area (Å²) in [6.07, 6.45) is 1.71. The summed E-state index contributed by atoms with van der Waals surface area (Å²) in [5.41, 5.74) is -0.0692. The SMILES string of the molecule is CN([C@](C)(C#N)C1CC1)S(=O)(=O)c1ccc2c(c1)n(C)c(=O)n2C. The number of hydrogen-bond acceptors (Lipinski definition) is 4. The fourth-order valence-electron chi connectivity index (χ4n) is 3.12. The van der Waals surface area contributed by atoms with Crippen LogP contribution in [0.25, 0.3) is 11.0 Å². The number of nitriles is 1. The molecule has 0 unspecified atom stereocenters. The highest BCUT2D eigenvalue weighted by molar-refractivity contribution is 7.89. The first kappa shape index (κ1) is 16.7. The molecule has 1 atom stereocenters. The summed E-state index contributed by atoms with van der Waals surface area (Å²) in [5, 5.41) is 9.53. The normalized spacial score (nSPS) is 17.8. The molecule has 1 aliphatic rings. The van der Waals surface area contributed by atoms with Gasteiger partial charge in [0.25, 0.3) is 0 Å². The van der Waals surface area contributed by atoms with Crippen LogP contribution in [0.15, 0.2) is 27.9 Å². The summed E-state index contributed by atoms with van der Waals surface area (Å²) in [5.74, 6) is 0.0621. The quantitative estimate of drug-likeness (QED) is 0.830. The summed E-state index contributed by atoms with van der Waals surface area (Å²) in [6.45, 7) is 1.67. The maximum Gasteiger partial charge on any atom is 0.328 e. The predicted octanol–water partition coefficient (Wildman–Crippen LogP) is 1.19. The molecule has 0 amide bonds. The van der Waals surface area contributed by atoms with E-state index in [-0.39, 0.29) is 16.5 Å². The summed E-state index contributed by atoms with van der Waals surface area (Å²) < 4.78 is 30.0. The second kappa shape index (κ2) is 5.19. The Labute approximate surface area is 140 Å². The van der Waals surface area contributed by atoms with Gasteiger partial charge in [-0.2, -0.15) is 9.57 Å². The van der Waals surface area contributed by atoms with Crippen LogP contribution in [-0.2, 0) is 24.1 Å². The Morgan fingerprint density at radius 2 is 1.83 bits per heavy atom. The van der Waals surface area contributed by atoms with Gasteiger partial charge in [0, 0.05) is 21.1 Å². The van der Waals surface area contributed by atoms with Gasteiger partial charge in [-0.1, -0.05) is 0 Å². The molecular formula is C16H20N4O3S. The molecule has 8 heteroatoms. The molecule has 0 aliphatic heterocycles. The fraction of sp³-hybridized carbons (Fsp3) is 0.500. The molecule has 1 heterocycles. The second-order valence-corrected chi connectivity index (χ2v) is 8.53. The Bertz CT molecular complexity index is 1020. The van der Waals surface area contributed by atoms with E-state index >= 15 is 0 Å². The van der Waals surface area contributed by atoms with Crippen molar-refractivity contribution in [1.29, 1.82) is 5.26 Å². The molecular weight excluding hydrogens is 328 g/mol. The third-order valence-corrected chi connectivity index (χ3v) is 7.10. The van der Waals surface area contributed by atoms with Crippen LogP contribution in [0.2, 0.25) is 0 Å². The number of nitrogens with zero attached hydrogens (tertiary/aromatic N) is 4. The maximum absolute atomic E-state index is 13.0. The van der Waals surface area contributed by atoms with Crippen molar-refractivity contribution in [3.63, 3.8) is 0 Å². The van der Waals surface area contributed by atoms with Crippen LogP contribution in [-0.4, -0.2) is 34.4 Å². The third kappa shape index (κ3) is 2.19. The van der Waals surface area contributed by atoms with Crippen molar-refractivity contribution in [3.05, 3.63) is 28.7 Å². The van der Waals surface area contributed by atoms with Crippen LogP contribution >= 0.6 is 0 Å². The van der Waals surface area contributed by atoms with Crippen LogP contribution in [0, 0.1) is 17.2 Å². The van der Waals surface area contributed by atoms with Crippen LogP contribution < -0.4 is 5.69 Å².